The van der Waals surface area contributed by atoms with Crippen molar-refractivity contribution in [2.75, 3.05) is 49.5 Å². The van der Waals surface area contributed by atoms with Crippen molar-refractivity contribution in [3.63, 3.8) is 0 Å². The highest BCUT2D eigenvalue weighted by atomic mass is 35.5. The summed E-state index contributed by atoms with van der Waals surface area (Å²) >= 11 is 6.16. The van der Waals surface area contributed by atoms with E-state index in [1.54, 1.807) is 9.47 Å². The Morgan fingerprint density at radius 1 is 1.16 bits per heavy atom. The van der Waals surface area contributed by atoms with Crippen molar-refractivity contribution in [2.45, 2.75) is 77.9 Å². The Labute approximate surface area is 286 Å². The molecule has 49 heavy (non-hydrogen) atoms. The van der Waals surface area contributed by atoms with Crippen LogP contribution in [0.15, 0.2) is 29.1 Å². The second-order valence-electron chi connectivity index (χ2n) is 14.0. The van der Waals surface area contributed by atoms with Gasteiger partial charge in [-0.3, -0.25) is 4.79 Å². The van der Waals surface area contributed by atoms with Gasteiger partial charge in [0.05, 0.1) is 22.8 Å². The topological polar surface area (TPSA) is 129 Å². The SMILES string of the molecule is CCc1c(N2CCNCC2)c(=O)n2nc(C3=CC4(CCN(C(=O)OC(C)(C)C)CC4)C3)nc2n1CC(O)Nc1ccc(C(F)(F)F)cc1Cl. The number of piperazine rings is 1. The molecule has 2 aliphatic heterocycles. The number of nitrogens with zero attached hydrogens (tertiary/aromatic N) is 6. The lowest BCUT2D eigenvalue weighted by Gasteiger charge is -2.45. The highest BCUT2D eigenvalue weighted by Crippen LogP contribution is 2.50. The van der Waals surface area contributed by atoms with Gasteiger partial charge in [0.15, 0.2) is 5.82 Å². The molecule has 1 atom stereocenters. The Hall–Kier alpha value is -3.82. The molecule has 1 amide bonds. The standard InChI is InChI=1S/C33H42ClF3N8O4/c1-5-24-26(42-14-10-38-11-15-42)28(47)45-29(44(24)19-25(46)39-23-7-6-21(16-22(23)34)33(35,36)37)40-27(41-45)20-17-32(18-20)8-12-43(13-9-32)30(48)49-31(2,3)4/h6-7,16-17,25,38-39,46H,5,8-15,18-19H2,1-4H3. The Morgan fingerprint density at radius 2 is 1.84 bits per heavy atom. The molecule has 1 unspecified atom stereocenters. The Bertz CT molecular complexity index is 1820. The van der Waals surface area contributed by atoms with E-state index < -0.39 is 23.6 Å². The molecule has 266 valence electrons. The molecule has 2 fully saturated rings. The molecule has 3 N–H and O–H groups in total. The second-order valence-corrected chi connectivity index (χ2v) is 14.4. The third-order valence-electron chi connectivity index (χ3n) is 9.29. The van der Waals surface area contributed by atoms with Crippen LogP contribution in [-0.2, 0) is 23.9 Å². The summed E-state index contributed by atoms with van der Waals surface area (Å²) in [6, 6.07) is 2.87. The van der Waals surface area contributed by atoms with Crippen LogP contribution >= 0.6 is 11.6 Å². The number of likely N-dealkylation sites (tertiary alicyclic amines) is 1. The minimum atomic E-state index is -4.56. The van der Waals surface area contributed by atoms with E-state index in [9.17, 15) is 27.9 Å². The van der Waals surface area contributed by atoms with Crippen molar-refractivity contribution in [2.24, 2.45) is 5.41 Å². The van der Waals surface area contributed by atoms with E-state index in [4.69, 9.17) is 21.3 Å². The highest BCUT2D eigenvalue weighted by molar-refractivity contribution is 6.33. The number of aromatic nitrogens is 4. The van der Waals surface area contributed by atoms with Crippen LogP contribution in [0.3, 0.4) is 0 Å². The molecule has 3 aromatic rings. The van der Waals surface area contributed by atoms with Crippen molar-refractivity contribution in [1.29, 1.82) is 0 Å². The fraction of sp³-hybridized carbons (Fsp3) is 0.576. The molecule has 0 saturated carbocycles. The lowest BCUT2D eigenvalue weighted by atomic mass is 9.65. The third kappa shape index (κ3) is 7.24. The molecule has 4 heterocycles. The Kier molecular flexibility index (Phi) is 9.39. The summed E-state index contributed by atoms with van der Waals surface area (Å²) in [7, 11) is 0. The van der Waals surface area contributed by atoms with Crippen molar-refractivity contribution in [3.8, 4) is 0 Å². The molecular formula is C33H42ClF3N8O4. The quantitative estimate of drug-likeness (QED) is 0.298. The number of nitrogens with one attached hydrogen (secondary N) is 2. The monoisotopic (exact) mass is 706 g/mol. The van der Waals surface area contributed by atoms with Gasteiger partial charge in [0.2, 0.25) is 5.78 Å². The van der Waals surface area contributed by atoms with Gasteiger partial charge in [-0.05, 0) is 75.6 Å². The van der Waals surface area contributed by atoms with Crippen molar-refractivity contribution in [3.05, 3.63) is 56.7 Å². The molecule has 1 aliphatic carbocycles. The molecule has 0 bridgehead atoms. The number of hydrogen-bond acceptors (Lipinski definition) is 9. The molecule has 2 saturated heterocycles. The van der Waals surface area contributed by atoms with E-state index in [0.29, 0.717) is 69.3 Å². The number of hydrogen-bond donors (Lipinski definition) is 3. The van der Waals surface area contributed by atoms with Crippen LogP contribution in [0, 0.1) is 5.41 Å². The van der Waals surface area contributed by atoms with Crippen LogP contribution in [0.1, 0.15) is 64.0 Å². The van der Waals surface area contributed by atoms with Gasteiger partial charge in [-0.1, -0.05) is 24.6 Å². The van der Waals surface area contributed by atoms with Crippen molar-refractivity contribution >= 4 is 40.4 Å². The predicted molar refractivity (Wildman–Crippen MR) is 180 cm³/mol. The summed E-state index contributed by atoms with van der Waals surface area (Å²) < 4.78 is 48.1. The van der Waals surface area contributed by atoms with Gasteiger partial charge in [0, 0.05) is 45.0 Å². The number of ether oxygens (including phenoxy) is 1. The third-order valence-corrected chi connectivity index (χ3v) is 9.60. The van der Waals surface area contributed by atoms with Gasteiger partial charge in [0.25, 0.3) is 5.56 Å². The van der Waals surface area contributed by atoms with Gasteiger partial charge < -0.3 is 34.8 Å². The number of halogens is 4. The maximum atomic E-state index is 14.1. The maximum absolute atomic E-state index is 14.1. The summed E-state index contributed by atoms with van der Waals surface area (Å²) in [6.07, 6.45) is -1.35. The van der Waals surface area contributed by atoms with Crippen LogP contribution in [0.5, 0.6) is 0 Å². The minimum absolute atomic E-state index is 0.0922. The lowest BCUT2D eigenvalue weighted by molar-refractivity contribution is -0.137. The van der Waals surface area contributed by atoms with E-state index in [1.807, 2.05) is 32.6 Å². The molecule has 16 heteroatoms. The zero-order valence-corrected chi connectivity index (χ0v) is 28.8. The summed E-state index contributed by atoms with van der Waals surface area (Å²) in [5.41, 5.74) is 0.297. The number of alkyl halides is 3. The first-order valence-corrected chi connectivity index (χ1v) is 16.9. The number of aliphatic hydroxyl groups is 1. The summed E-state index contributed by atoms with van der Waals surface area (Å²) in [5, 5.41) is 21.8. The van der Waals surface area contributed by atoms with Crippen LogP contribution in [0.25, 0.3) is 11.4 Å². The molecule has 12 nitrogen and oxygen atoms in total. The van der Waals surface area contributed by atoms with E-state index in [-0.39, 0.29) is 40.1 Å². The summed E-state index contributed by atoms with van der Waals surface area (Å²) in [4.78, 5) is 35.2. The maximum Gasteiger partial charge on any atom is 0.416 e. The molecule has 6 rings (SSSR count). The largest absolute Gasteiger partial charge is 0.444 e. The van der Waals surface area contributed by atoms with Gasteiger partial charge >= 0.3 is 12.3 Å². The fourth-order valence-electron chi connectivity index (χ4n) is 6.83. The van der Waals surface area contributed by atoms with Gasteiger partial charge in [-0.15, -0.1) is 5.10 Å². The number of fused-ring (bicyclic) bond motifs is 1. The second kappa shape index (κ2) is 13.1. The van der Waals surface area contributed by atoms with E-state index in [0.717, 1.165) is 30.5 Å². The molecule has 2 aromatic heterocycles. The smallest absolute Gasteiger partial charge is 0.416 e. The molecular weight excluding hydrogens is 665 g/mol. The number of carbonyl (C=O) groups is 1. The van der Waals surface area contributed by atoms with Crippen LogP contribution in [-0.4, -0.2) is 86.4 Å². The van der Waals surface area contributed by atoms with Crippen LogP contribution in [0.4, 0.5) is 29.3 Å². The number of piperidine rings is 1. The predicted octanol–water partition coefficient (Wildman–Crippen LogP) is 4.77. The van der Waals surface area contributed by atoms with Gasteiger partial charge in [0.1, 0.15) is 17.5 Å². The average molecular weight is 707 g/mol. The van der Waals surface area contributed by atoms with Gasteiger partial charge in [-0.2, -0.15) is 22.7 Å². The molecule has 1 aromatic carbocycles. The first-order chi connectivity index (χ1) is 23.1. The van der Waals surface area contributed by atoms with Gasteiger partial charge in [-0.25, -0.2) is 4.79 Å². The molecule has 0 radical (unpaired) electrons. The number of aliphatic hydroxyl groups excluding tert-OH is 1. The molecule has 3 aliphatic rings. The summed E-state index contributed by atoms with van der Waals surface area (Å²) in [6.45, 7) is 11.1. The fourth-order valence-corrected chi connectivity index (χ4v) is 7.07. The number of allylic oxidation sites excluding steroid dienone is 2. The first kappa shape index (κ1) is 35.0. The van der Waals surface area contributed by atoms with Crippen molar-refractivity contribution in [1.82, 2.24) is 29.4 Å². The zero-order chi connectivity index (χ0) is 35.3. The first-order valence-electron chi connectivity index (χ1n) is 16.6. The zero-order valence-electron chi connectivity index (χ0n) is 28.0. The number of amides is 1. The van der Waals surface area contributed by atoms with Crippen LogP contribution < -0.4 is 21.1 Å². The van der Waals surface area contributed by atoms with Crippen molar-refractivity contribution < 1.29 is 27.8 Å². The molecule has 1 spiro atoms. The minimum Gasteiger partial charge on any atom is -0.444 e. The number of benzene rings is 1. The van der Waals surface area contributed by atoms with E-state index in [2.05, 4.69) is 21.8 Å². The average Bonchev–Trinajstić information content (AvgIpc) is 3.47. The number of anilines is 2. The normalized spacial score (nSPS) is 18.8. The number of rotatable bonds is 7. The lowest BCUT2D eigenvalue weighted by Crippen LogP contribution is -2.47. The van der Waals surface area contributed by atoms with E-state index >= 15 is 0 Å². The highest BCUT2D eigenvalue weighted by Gasteiger charge is 2.43. The Morgan fingerprint density at radius 3 is 2.43 bits per heavy atom. The number of carbonyl (C=O) groups excluding carboxylic acids is 1. The Balaban J connectivity index is 1.30. The van der Waals surface area contributed by atoms with E-state index in [1.165, 1.54) is 10.6 Å². The van der Waals surface area contributed by atoms with Crippen LogP contribution in [0.2, 0.25) is 5.02 Å². The summed E-state index contributed by atoms with van der Waals surface area (Å²) in [5.74, 6) is 0.662.